The molecule has 0 amide bonds. The maximum atomic E-state index is 2.40. The molecule has 0 saturated heterocycles. The average molecular weight is 703 g/mol. The van der Waals surface area contributed by atoms with E-state index >= 15 is 0 Å². The van der Waals surface area contributed by atoms with Crippen LogP contribution in [0.5, 0.6) is 0 Å². The lowest BCUT2D eigenvalue weighted by Gasteiger charge is -2.25. The molecule has 3 heteroatoms. The van der Waals surface area contributed by atoms with Crippen molar-refractivity contribution < 1.29 is 0 Å². The number of aryl methyl sites for hydroxylation is 4. The third kappa shape index (κ3) is 7.30. The number of rotatable bonds is 9. The van der Waals surface area contributed by atoms with Crippen molar-refractivity contribution in [3.63, 3.8) is 0 Å². The van der Waals surface area contributed by atoms with Gasteiger partial charge in [0.05, 0.1) is 0 Å². The second-order valence-corrected chi connectivity index (χ2v) is 14.8. The van der Waals surface area contributed by atoms with E-state index in [1.807, 2.05) is 11.3 Å². The summed E-state index contributed by atoms with van der Waals surface area (Å²) in [4.78, 5) is 5.99. The van der Waals surface area contributed by atoms with E-state index < -0.39 is 0 Å². The molecule has 1 heterocycles. The lowest BCUT2D eigenvalue weighted by atomic mass is 10.0. The molecule has 0 spiro atoms. The number of nitrogens with zero attached hydrogens (tertiary/aromatic N) is 2. The Morgan fingerprint density at radius 1 is 0.358 bits per heavy atom. The van der Waals surface area contributed by atoms with Crippen molar-refractivity contribution in [1.82, 2.24) is 0 Å². The number of benzene rings is 7. The highest BCUT2D eigenvalue weighted by Crippen LogP contribution is 2.49. The first-order valence-electron chi connectivity index (χ1n) is 18.2. The summed E-state index contributed by atoms with van der Waals surface area (Å²) >= 11 is 1.85. The van der Waals surface area contributed by atoms with Crippen LogP contribution in [0.1, 0.15) is 33.4 Å². The minimum absolute atomic E-state index is 1.13. The molecule has 0 radical (unpaired) electrons. The van der Waals surface area contributed by atoms with Crippen LogP contribution in [-0.2, 0) is 0 Å². The van der Waals surface area contributed by atoms with E-state index in [0.29, 0.717) is 0 Å². The normalized spacial score (nSPS) is 11.3. The summed E-state index contributed by atoms with van der Waals surface area (Å²) in [6.07, 6.45) is 4.39. The fourth-order valence-electron chi connectivity index (χ4n) is 6.73. The highest BCUT2D eigenvalue weighted by molar-refractivity contribution is 7.21. The van der Waals surface area contributed by atoms with Crippen LogP contribution in [0.3, 0.4) is 0 Å². The predicted molar refractivity (Wildman–Crippen MR) is 231 cm³/mol. The van der Waals surface area contributed by atoms with Gasteiger partial charge in [-0.15, -0.1) is 11.3 Å². The SMILES string of the molecule is Cc1ccc(N(c2ccc(C)cc2)c2ccc(C=Cc3ccc(-c4sc(N(c5ccc(C)cc5)c5ccc(C)cc5)c5ccccc45)cc3)cc2)cc1. The summed E-state index contributed by atoms with van der Waals surface area (Å²) < 4.78 is 0. The van der Waals surface area contributed by atoms with E-state index in [1.54, 1.807) is 0 Å². The first-order chi connectivity index (χ1) is 25.9. The third-order valence-corrected chi connectivity index (χ3v) is 11.0. The third-order valence-electron chi connectivity index (χ3n) is 9.76. The van der Waals surface area contributed by atoms with Gasteiger partial charge in [0.2, 0.25) is 0 Å². The van der Waals surface area contributed by atoms with E-state index in [4.69, 9.17) is 0 Å². The minimum Gasteiger partial charge on any atom is -0.311 e. The molecule has 8 aromatic rings. The quantitative estimate of drug-likeness (QED) is 0.138. The Hall–Kier alpha value is -6.16. The fraction of sp³-hybridized carbons (Fsp3) is 0.0800. The zero-order valence-electron chi connectivity index (χ0n) is 30.6. The largest absolute Gasteiger partial charge is 0.311 e. The molecule has 8 rings (SSSR count). The minimum atomic E-state index is 1.13. The molecule has 0 aliphatic carbocycles. The van der Waals surface area contributed by atoms with Crippen LogP contribution in [0.4, 0.5) is 33.4 Å². The summed E-state index contributed by atoms with van der Waals surface area (Å²) in [6.45, 7) is 8.53. The Balaban J connectivity index is 1.07. The van der Waals surface area contributed by atoms with E-state index in [0.717, 1.165) is 34.0 Å². The van der Waals surface area contributed by atoms with Crippen LogP contribution in [0, 0.1) is 27.7 Å². The molecular formula is C50H42N2S. The Kier molecular flexibility index (Phi) is 9.50. The predicted octanol–water partition coefficient (Wildman–Crippen LogP) is 14.9. The second kappa shape index (κ2) is 14.8. The van der Waals surface area contributed by atoms with Gasteiger partial charge < -0.3 is 9.80 Å². The molecular weight excluding hydrogens is 661 g/mol. The molecule has 0 fully saturated rings. The van der Waals surface area contributed by atoms with Gasteiger partial charge in [0, 0.05) is 44.1 Å². The Morgan fingerprint density at radius 3 is 1.11 bits per heavy atom. The molecule has 0 unspecified atom stereocenters. The molecule has 1 aromatic heterocycles. The number of thiophene rings is 1. The molecule has 258 valence electrons. The Morgan fingerprint density at radius 2 is 0.698 bits per heavy atom. The first-order valence-corrected chi connectivity index (χ1v) is 19.0. The lowest BCUT2D eigenvalue weighted by Crippen LogP contribution is -2.09. The summed E-state index contributed by atoms with van der Waals surface area (Å²) in [5, 5.41) is 3.74. The zero-order valence-corrected chi connectivity index (χ0v) is 31.4. The Bertz CT molecular complexity index is 2400. The van der Waals surface area contributed by atoms with Crippen molar-refractivity contribution in [1.29, 1.82) is 0 Å². The van der Waals surface area contributed by atoms with Crippen LogP contribution >= 0.6 is 11.3 Å². The van der Waals surface area contributed by atoms with E-state index in [-0.39, 0.29) is 0 Å². The van der Waals surface area contributed by atoms with Gasteiger partial charge in [0.1, 0.15) is 5.00 Å². The standard InChI is InChI=1S/C50H42N2S/c1-35-9-25-42(26-10-35)51(43-27-11-36(2)12-28-43)44-33-21-40(22-34-44)18-17-39-19-23-41(24-20-39)49-47-7-5-6-8-48(47)50(53-49)52(45-29-13-37(3)14-30-45)46-31-15-38(4)16-32-46/h5-34H,1-4H3. The molecule has 53 heavy (non-hydrogen) atoms. The Labute approximate surface area is 317 Å². The van der Waals surface area contributed by atoms with Crippen molar-refractivity contribution in [3.05, 3.63) is 203 Å². The molecule has 0 bridgehead atoms. The van der Waals surface area contributed by atoms with E-state index in [1.165, 1.54) is 54.0 Å². The van der Waals surface area contributed by atoms with Crippen molar-refractivity contribution >= 4 is 67.7 Å². The van der Waals surface area contributed by atoms with Crippen LogP contribution < -0.4 is 9.80 Å². The van der Waals surface area contributed by atoms with Crippen molar-refractivity contribution in [2.45, 2.75) is 27.7 Å². The topological polar surface area (TPSA) is 6.48 Å². The molecule has 0 aliphatic rings. The van der Waals surface area contributed by atoms with Crippen molar-refractivity contribution in [2.24, 2.45) is 0 Å². The van der Waals surface area contributed by atoms with Crippen LogP contribution in [0.15, 0.2) is 170 Å². The summed E-state index contributed by atoms with van der Waals surface area (Å²) in [6, 6.07) is 61.7. The maximum absolute atomic E-state index is 2.40. The van der Waals surface area contributed by atoms with Crippen molar-refractivity contribution in [3.8, 4) is 10.4 Å². The highest BCUT2D eigenvalue weighted by atomic mass is 32.1. The molecule has 0 N–H and O–H groups in total. The summed E-state index contributed by atoms with van der Waals surface area (Å²) in [7, 11) is 0. The molecule has 2 nitrogen and oxygen atoms in total. The van der Waals surface area contributed by atoms with Gasteiger partial charge in [-0.05, 0) is 105 Å². The molecule has 7 aromatic carbocycles. The highest BCUT2D eigenvalue weighted by Gasteiger charge is 2.21. The lowest BCUT2D eigenvalue weighted by molar-refractivity contribution is 1.27. The van der Waals surface area contributed by atoms with Gasteiger partial charge in [-0.25, -0.2) is 0 Å². The number of hydrogen-bond donors (Lipinski definition) is 0. The van der Waals surface area contributed by atoms with Crippen LogP contribution in [0.25, 0.3) is 33.4 Å². The van der Waals surface area contributed by atoms with Crippen molar-refractivity contribution in [2.75, 3.05) is 9.80 Å². The molecule has 0 aliphatic heterocycles. The van der Waals surface area contributed by atoms with Gasteiger partial charge in [-0.1, -0.05) is 144 Å². The van der Waals surface area contributed by atoms with Gasteiger partial charge in [0.15, 0.2) is 0 Å². The monoisotopic (exact) mass is 702 g/mol. The number of hydrogen-bond acceptors (Lipinski definition) is 3. The summed E-state index contributed by atoms with van der Waals surface area (Å²) in [5.41, 5.74) is 14.3. The molecule has 0 atom stereocenters. The number of fused-ring (bicyclic) bond motifs is 1. The zero-order chi connectivity index (χ0) is 36.3. The fourth-order valence-corrected chi connectivity index (χ4v) is 8.06. The van der Waals surface area contributed by atoms with Crippen LogP contribution in [0.2, 0.25) is 0 Å². The van der Waals surface area contributed by atoms with Gasteiger partial charge in [-0.2, -0.15) is 0 Å². The van der Waals surface area contributed by atoms with Gasteiger partial charge >= 0.3 is 0 Å². The first kappa shape index (κ1) is 34.0. The van der Waals surface area contributed by atoms with Gasteiger partial charge in [0.25, 0.3) is 0 Å². The molecule has 0 saturated carbocycles. The van der Waals surface area contributed by atoms with E-state index in [9.17, 15) is 0 Å². The average Bonchev–Trinajstić information content (AvgIpc) is 3.57. The number of anilines is 6. The van der Waals surface area contributed by atoms with Crippen LogP contribution in [-0.4, -0.2) is 0 Å². The van der Waals surface area contributed by atoms with E-state index in [2.05, 4.69) is 220 Å². The maximum Gasteiger partial charge on any atom is 0.109 e. The summed E-state index contributed by atoms with van der Waals surface area (Å²) in [5.74, 6) is 0. The smallest absolute Gasteiger partial charge is 0.109 e. The second-order valence-electron chi connectivity index (χ2n) is 13.8. The van der Waals surface area contributed by atoms with Gasteiger partial charge in [-0.3, -0.25) is 0 Å².